The number of anilines is 1. The lowest BCUT2D eigenvalue weighted by molar-refractivity contribution is 0.0593. The molecule has 5 nitrogen and oxygen atoms in total. The van der Waals surface area contributed by atoms with Crippen molar-refractivity contribution < 1.29 is 9.53 Å². The van der Waals surface area contributed by atoms with Crippen LogP contribution in [0.3, 0.4) is 0 Å². The van der Waals surface area contributed by atoms with E-state index in [-0.39, 0.29) is 5.69 Å². The first-order valence-electron chi connectivity index (χ1n) is 5.99. The van der Waals surface area contributed by atoms with Crippen molar-refractivity contribution in [2.75, 3.05) is 19.0 Å². The molecule has 0 spiro atoms. The SMILES string of the molecule is CCNc1ccc(-c2cncc(C(=O)OC)n2)cc1. The molecule has 1 aromatic carbocycles. The van der Waals surface area contributed by atoms with Crippen molar-refractivity contribution in [2.45, 2.75) is 6.92 Å². The molecular weight excluding hydrogens is 242 g/mol. The van der Waals surface area contributed by atoms with Crippen LogP contribution in [0, 0.1) is 0 Å². The summed E-state index contributed by atoms with van der Waals surface area (Å²) in [6.45, 7) is 2.91. The van der Waals surface area contributed by atoms with E-state index in [0.717, 1.165) is 17.8 Å². The molecule has 5 heteroatoms. The number of nitrogens with zero attached hydrogens (tertiary/aromatic N) is 2. The highest BCUT2D eigenvalue weighted by molar-refractivity contribution is 5.87. The van der Waals surface area contributed by atoms with Crippen molar-refractivity contribution >= 4 is 11.7 Å². The van der Waals surface area contributed by atoms with Gasteiger partial charge in [0.15, 0.2) is 5.69 Å². The lowest BCUT2D eigenvalue weighted by Gasteiger charge is -2.05. The Labute approximate surface area is 111 Å². The van der Waals surface area contributed by atoms with Crippen LogP contribution >= 0.6 is 0 Å². The monoisotopic (exact) mass is 257 g/mol. The molecule has 0 amide bonds. The molecule has 0 atom stereocenters. The third kappa shape index (κ3) is 3.07. The Kier molecular flexibility index (Phi) is 4.07. The third-order valence-electron chi connectivity index (χ3n) is 2.59. The van der Waals surface area contributed by atoms with Crippen LogP contribution in [-0.4, -0.2) is 29.6 Å². The molecule has 0 aliphatic rings. The van der Waals surface area contributed by atoms with Crippen molar-refractivity contribution in [3.63, 3.8) is 0 Å². The predicted octanol–water partition coefficient (Wildman–Crippen LogP) is 2.36. The van der Waals surface area contributed by atoms with Gasteiger partial charge >= 0.3 is 5.97 Å². The summed E-state index contributed by atoms with van der Waals surface area (Å²) in [5.74, 6) is -0.487. The average molecular weight is 257 g/mol. The summed E-state index contributed by atoms with van der Waals surface area (Å²) < 4.78 is 4.63. The number of carbonyl (C=O) groups is 1. The standard InChI is InChI=1S/C14H15N3O2/c1-3-16-11-6-4-10(5-7-11)12-8-15-9-13(17-12)14(18)19-2/h4-9,16H,3H2,1-2H3. The number of hydrogen-bond acceptors (Lipinski definition) is 5. The Morgan fingerprint density at radius 3 is 2.63 bits per heavy atom. The lowest BCUT2D eigenvalue weighted by Crippen LogP contribution is -2.05. The number of hydrogen-bond donors (Lipinski definition) is 1. The number of nitrogens with one attached hydrogen (secondary N) is 1. The topological polar surface area (TPSA) is 64.1 Å². The van der Waals surface area contributed by atoms with E-state index in [4.69, 9.17) is 0 Å². The minimum atomic E-state index is -0.487. The zero-order valence-corrected chi connectivity index (χ0v) is 10.9. The van der Waals surface area contributed by atoms with Crippen LogP contribution in [0.1, 0.15) is 17.4 Å². The fraction of sp³-hybridized carbons (Fsp3) is 0.214. The summed E-state index contributed by atoms with van der Waals surface area (Å²) in [5, 5.41) is 3.21. The maximum absolute atomic E-state index is 11.4. The maximum atomic E-state index is 11.4. The van der Waals surface area contributed by atoms with Crippen LogP contribution in [0.2, 0.25) is 0 Å². The van der Waals surface area contributed by atoms with Gasteiger partial charge in [0.2, 0.25) is 0 Å². The quantitative estimate of drug-likeness (QED) is 0.852. The summed E-state index contributed by atoms with van der Waals surface area (Å²) in [7, 11) is 1.32. The van der Waals surface area contributed by atoms with Gasteiger partial charge in [-0.2, -0.15) is 0 Å². The first-order valence-corrected chi connectivity index (χ1v) is 5.99. The number of benzene rings is 1. The maximum Gasteiger partial charge on any atom is 0.358 e. The third-order valence-corrected chi connectivity index (χ3v) is 2.59. The van der Waals surface area contributed by atoms with E-state index >= 15 is 0 Å². The average Bonchev–Trinajstić information content (AvgIpc) is 2.48. The number of aromatic nitrogens is 2. The molecule has 1 aromatic heterocycles. The molecule has 1 N–H and O–H groups in total. The van der Waals surface area contributed by atoms with Crippen LogP contribution in [0.5, 0.6) is 0 Å². The smallest absolute Gasteiger partial charge is 0.358 e. The van der Waals surface area contributed by atoms with Gasteiger partial charge in [-0.25, -0.2) is 9.78 Å². The van der Waals surface area contributed by atoms with Crippen molar-refractivity contribution in [2.24, 2.45) is 0 Å². The Morgan fingerprint density at radius 1 is 1.26 bits per heavy atom. The van der Waals surface area contributed by atoms with E-state index < -0.39 is 5.97 Å². The summed E-state index contributed by atoms with van der Waals surface area (Å²) in [4.78, 5) is 19.6. The highest BCUT2D eigenvalue weighted by Gasteiger charge is 2.09. The summed E-state index contributed by atoms with van der Waals surface area (Å²) in [5.41, 5.74) is 2.80. The molecule has 0 saturated heterocycles. The fourth-order valence-electron chi connectivity index (χ4n) is 1.67. The summed E-state index contributed by atoms with van der Waals surface area (Å²) >= 11 is 0. The molecule has 2 aromatic rings. The number of esters is 1. The fourth-order valence-corrected chi connectivity index (χ4v) is 1.67. The van der Waals surface area contributed by atoms with Gasteiger partial charge < -0.3 is 10.1 Å². The predicted molar refractivity (Wildman–Crippen MR) is 73.0 cm³/mol. The van der Waals surface area contributed by atoms with Gasteiger partial charge in [0, 0.05) is 17.8 Å². The molecule has 2 rings (SSSR count). The molecular formula is C14H15N3O2. The van der Waals surface area contributed by atoms with Gasteiger partial charge in [-0.3, -0.25) is 4.98 Å². The minimum absolute atomic E-state index is 0.204. The molecule has 0 bridgehead atoms. The molecule has 0 radical (unpaired) electrons. The van der Waals surface area contributed by atoms with E-state index in [2.05, 4.69) is 20.0 Å². The zero-order valence-electron chi connectivity index (χ0n) is 10.9. The molecule has 0 aliphatic heterocycles. The minimum Gasteiger partial charge on any atom is -0.464 e. The number of ether oxygens (including phenoxy) is 1. The van der Waals surface area contributed by atoms with Gasteiger partial charge in [-0.1, -0.05) is 12.1 Å². The Balaban J connectivity index is 2.28. The van der Waals surface area contributed by atoms with E-state index in [9.17, 15) is 4.79 Å². The molecule has 0 unspecified atom stereocenters. The van der Waals surface area contributed by atoms with Crippen LogP contribution in [0.15, 0.2) is 36.7 Å². The lowest BCUT2D eigenvalue weighted by atomic mass is 10.1. The normalized spacial score (nSPS) is 10.0. The molecule has 1 heterocycles. The van der Waals surface area contributed by atoms with Gasteiger partial charge in [-0.05, 0) is 19.1 Å². The van der Waals surface area contributed by atoms with E-state index in [0.29, 0.717) is 5.69 Å². The number of rotatable bonds is 4. The van der Waals surface area contributed by atoms with Crippen LogP contribution in [0.4, 0.5) is 5.69 Å². The Bertz CT molecular complexity index is 567. The Morgan fingerprint density at radius 2 is 2.00 bits per heavy atom. The summed E-state index contributed by atoms with van der Waals surface area (Å²) in [6, 6.07) is 7.79. The van der Waals surface area contributed by atoms with E-state index in [1.807, 2.05) is 31.2 Å². The van der Waals surface area contributed by atoms with Crippen LogP contribution in [0.25, 0.3) is 11.3 Å². The Hall–Kier alpha value is -2.43. The van der Waals surface area contributed by atoms with Crippen LogP contribution in [-0.2, 0) is 4.74 Å². The molecule has 0 aliphatic carbocycles. The second-order valence-electron chi connectivity index (χ2n) is 3.89. The van der Waals surface area contributed by atoms with Crippen molar-refractivity contribution in [1.82, 2.24) is 9.97 Å². The second-order valence-corrected chi connectivity index (χ2v) is 3.89. The highest BCUT2D eigenvalue weighted by Crippen LogP contribution is 2.19. The number of methoxy groups -OCH3 is 1. The zero-order chi connectivity index (χ0) is 13.7. The first-order chi connectivity index (χ1) is 9.24. The summed E-state index contributed by atoms with van der Waals surface area (Å²) in [6.07, 6.45) is 3.01. The molecule has 0 fully saturated rings. The second kappa shape index (κ2) is 5.95. The van der Waals surface area contributed by atoms with E-state index in [1.54, 1.807) is 6.20 Å². The van der Waals surface area contributed by atoms with Crippen LogP contribution < -0.4 is 5.32 Å². The van der Waals surface area contributed by atoms with Gasteiger partial charge in [-0.15, -0.1) is 0 Å². The molecule has 98 valence electrons. The van der Waals surface area contributed by atoms with Gasteiger partial charge in [0.05, 0.1) is 25.2 Å². The first kappa shape index (κ1) is 13.0. The molecule has 19 heavy (non-hydrogen) atoms. The van der Waals surface area contributed by atoms with Gasteiger partial charge in [0.1, 0.15) is 0 Å². The van der Waals surface area contributed by atoms with E-state index in [1.165, 1.54) is 13.3 Å². The van der Waals surface area contributed by atoms with Crippen molar-refractivity contribution in [1.29, 1.82) is 0 Å². The number of carbonyl (C=O) groups excluding carboxylic acids is 1. The molecule has 0 saturated carbocycles. The highest BCUT2D eigenvalue weighted by atomic mass is 16.5. The largest absolute Gasteiger partial charge is 0.464 e. The van der Waals surface area contributed by atoms with Crippen molar-refractivity contribution in [3.05, 3.63) is 42.4 Å². The van der Waals surface area contributed by atoms with Crippen molar-refractivity contribution in [3.8, 4) is 11.3 Å². The van der Waals surface area contributed by atoms with Gasteiger partial charge in [0.25, 0.3) is 0 Å².